The summed E-state index contributed by atoms with van der Waals surface area (Å²) >= 11 is 0. The van der Waals surface area contributed by atoms with Crippen molar-refractivity contribution in [2.45, 2.75) is 61.1 Å². The van der Waals surface area contributed by atoms with Crippen LogP contribution in [0.5, 0.6) is 0 Å². The maximum Gasteiger partial charge on any atom is 0.355 e. The van der Waals surface area contributed by atoms with Gasteiger partial charge < -0.3 is 14.2 Å². The monoisotopic (exact) mass is 412 g/mol. The first-order valence-corrected chi connectivity index (χ1v) is 10.5. The van der Waals surface area contributed by atoms with E-state index < -0.39 is 12.0 Å². The topological polar surface area (TPSA) is 68.6 Å². The smallest absolute Gasteiger partial charge is 0.355 e. The molecule has 1 unspecified atom stereocenters. The van der Waals surface area contributed by atoms with Crippen LogP contribution in [0.15, 0.2) is 24.3 Å². The fourth-order valence-electron chi connectivity index (χ4n) is 3.92. The lowest BCUT2D eigenvalue weighted by atomic mass is 9.99. The third kappa shape index (κ3) is 4.32. The fraction of sp³-hybridized carbons (Fsp3) is 0.458. The number of amides is 1. The normalized spacial score (nSPS) is 11.8. The molecule has 0 bridgehead atoms. The number of aromatic nitrogens is 1. The molecule has 1 aromatic heterocycles. The van der Waals surface area contributed by atoms with Crippen LogP contribution in [0, 0.1) is 20.8 Å². The summed E-state index contributed by atoms with van der Waals surface area (Å²) in [5, 5.41) is 0. The highest BCUT2D eigenvalue weighted by atomic mass is 16.5. The molecule has 0 saturated heterocycles. The van der Waals surface area contributed by atoms with Gasteiger partial charge in [0.05, 0.1) is 12.6 Å². The van der Waals surface area contributed by atoms with Crippen LogP contribution in [0.1, 0.15) is 75.7 Å². The number of carbonyl (C=O) groups is 3. The molecule has 0 aliphatic rings. The highest BCUT2D eigenvalue weighted by Gasteiger charge is 2.32. The molecule has 0 radical (unpaired) electrons. The largest absolute Gasteiger partial charge is 0.461 e. The Bertz CT molecular complexity index is 941. The lowest BCUT2D eigenvalue weighted by Crippen LogP contribution is -2.43. The first-order chi connectivity index (χ1) is 14.2. The zero-order valence-electron chi connectivity index (χ0n) is 19.0. The van der Waals surface area contributed by atoms with Gasteiger partial charge in [-0.25, -0.2) is 4.79 Å². The molecule has 0 spiro atoms. The number of esters is 1. The minimum absolute atomic E-state index is 0.176. The fourth-order valence-corrected chi connectivity index (χ4v) is 3.92. The van der Waals surface area contributed by atoms with Gasteiger partial charge in [0.2, 0.25) is 0 Å². The van der Waals surface area contributed by atoms with Crippen molar-refractivity contribution in [1.29, 1.82) is 0 Å². The summed E-state index contributed by atoms with van der Waals surface area (Å²) < 4.78 is 7.01. The third-order valence-electron chi connectivity index (χ3n) is 5.55. The molecule has 0 saturated carbocycles. The number of nitrogens with zero attached hydrogens (tertiary/aromatic N) is 2. The number of hydrogen-bond acceptors (Lipinski definition) is 4. The van der Waals surface area contributed by atoms with E-state index in [9.17, 15) is 14.4 Å². The highest BCUT2D eigenvalue weighted by Crippen LogP contribution is 2.26. The van der Waals surface area contributed by atoms with Gasteiger partial charge in [0, 0.05) is 29.9 Å². The Morgan fingerprint density at radius 1 is 1.03 bits per heavy atom. The van der Waals surface area contributed by atoms with E-state index in [0.717, 1.165) is 5.56 Å². The zero-order valence-corrected chi connectivity index (χ0v) is 19.0. The van der Waals surface area contributed by atoms with Crippen molar-refractivity contribution in [2.75, 3.05) is 13.2 Å². The molecule has 30 heavy (non-hydrogen) atoms. The van der Waals surface area contributed by atoms with E-state index in [1.165, 1.54) is 0 Å². The number of rotatable bonds is 8. The third-order valence-corrected chi connectivity index (χ3v) is 5.55. The molecule has 162 valence electrons. The highest BCUT2D eigenvalue weighted by molar-refractivity contribution is 6.07. The molecule has 1 aromatic carbocycles. The molecule has 0 aliphatic heterocycles. The van der Waals surface area contributed by atoms with Gasteiger partial charge in [-0.1, -0.05) is 17.7 Å². The van der Waals surface area contributed by atoms with E-state index in [1.54, 1.807) is 37.8 Å². The van der Waals surface area contributed by atoms with Crippen LogP contribution < -0.4 is 0 Å². The molecule has 1 atom stereocenters. The molecule has 2 rings (SSSR count). The van der Waals surface area contributed by atoms with Crippen molar-refractivity contribution in [1.82, 2.24) is 9.47 Å². The Morgan fingerprint density at radius 2 is 1.63 bits per heavy atom. The Labute approximate surface area is 178 Å². The van der Waals surface area contributed by atoms with E-state index in [2.05, 4.69) is 0 Å². The molecule has 0 fully saturated rings. The van der Waals surface area contributed by atoms with Crippen molar-refractivity contribution < 1.29 is 19.1 Å². The van der Waals surface area contributed by atoms with Crippen molar-refractivity contribution in [3.8, 4) is 0 Å². The summed E-state index contributed by atoms with van der Waals surface area (Å²) in [7, 11) is 0. The molecule has 6 heteroatoms. The summed E-state index contributed by atoms with van der Waals surface area (Å²) in [6.07, 6.45) is 0. The Kier molecular flexibility index (Phi) is 7.59. The number of hydrogen-bond donors (Lipinski definition) is 0. The zero-order chi connectivity index (χ0) is 22.6. The minimum atomic E-state index is -0.663. The van der Waals surface area contributed by atoms with Crippen molar-refractivity contribution in [3.05, 3.63) is 57.9 Å². The average Bonchev–Trinajstić information content (AvgIpc) is 2.97. The summed E-state index contributed by atoms with van der Waals surface area (Å²) in [5.41, 5.74) is 3.83. The van der Waals surface area contributed by atoms with Gasteiger partial charge in [0.15, 0.2) is 5.78 Å². The number of ether oxygens (including phenoxy) is 1. The van der Waals surface area contributed by atoms with Gasteiger partial charge in [0.1, 0.15) is 5.69 Å². The van der Waals surface area contributed by atoms with Gasteiger partial charge in [0.25, 0.3) is 5.91 Å². The molecule has 6 nitrogen and oxygen atoms in total. The van der Waals surface area contributed by atoms with E-state index in [-0.39, 0.29) is 18.3 Å². The molecule has 2 aromatic rings. The quantitative estimate of drug-likeness (QED) is 0.478. The Morgan fingerprint density at radius 3 is 2.13 bits per heavy atom. The predicted octanol–water partition coefficient (Wildman–Crippen LogP) is 4.34. The first-order valence-electron chi connectivity index (χ1n) is 10.5. The van der Waals surface area contributed by atoms with E-state index >= 15 is 0 Å². The standard InChI is InChI=1S/C24H32N2O4/c1-8-25-17(6)20(16(5)21(25)24(29)30-10-3)22(27)18(7)26(9-2)23(28)19-13-11-15(4)12-14-19/h11-14,18H,8-10H2,1-7H3. The Hall–Kier alpha value is -2.89. The maximum absolute atomic E-state index is 13.5. The van der Waals surface area contributed by atoms with Crippen molar-refractivity contribution in [2.24, 2.45) is 0 Å². The van der Waals surface area contributed by atoms with Crippen LogP contribution in [0.4, 0.5) is 0 Å². The number of likely N-dealkylation sites (N-methyl/N-ethyl adjacent to an activating group) is 1. The number of Topliss-reactive ketones (excluding diaryl/α,β-unsaturated/α-hetero) is 1. The second-order valence-corrected chi connectivity index (χ2v) is 7.40. The van der Waals surface area contributed by atoms with E-state index in [1.807, 2.05) is 44.4 Å². The van der Waals surface area contributed by atoms with Crippen LogP contribution in [0.2, 0.25) is 0 Å². The number of carbonyl (C=O) groups excluding carboxylic acids is 3. The van der Waals surface area contributed by atoms with Crippen molar-refractivity contribution >= 4 is 17.7 Å². The molecular weight excluding hydrogens is 380 g/mol. The van der Waals surface area contributed by atoms with Crippen LogP contribution in [0.3, 0.4) is 0 Å². The molecule has 1 amide bonds. The van der Waals surface area contributed by atoms with E-state index in [0.29, 0.717) is 41.2 Å². The summed E-state index contributed by atoms with van der Waals surface area (Å²) in [6.45, 7) is 14.0. The number of ketones is 1. The van der Waals surface area contributed by atoms with Gasteiger partial charge in [-0.15, -0.1) is 0 Å². The van der Waals surface area contributed by atoms with Crippen LogP contribution >= 0.6 is 0 Å². The molecule has 0 N–H and O–H groups in total. The van der Waals surface area contributed by atoms with Crippen molar-refractivity contribution in [3.63, 3.8) is 0 Å². The summed E-state index contributed by atoms with van der Waals surface area (Å²) in [6, 6.07) is 6.66. The second kappa shape index (κ2) is 9.74. The average molecular weight is 413 g/mol. The first kappa shape index (κ1) is 23.4. The van der Waals surface area contributed by atoms with Crippen LogP contribution in [-0.2, 0) is 11.3 Å². The second-order valence-electron chi connectivity index (χ2n) is 7.40. The maximum atomic E-state index is 13.5. The van der Waals surface area contributed by atoms with Crippen LogP contribution in [0.25, 0.3) is 0 Å². The predicted molar refractivity (Wildman–Crippen MR) is 117 cm³/mol. The van der Waals surface area contributed by atoms with Gasteiger partial charge in [-0.2, -0.15) is 0 Å². The molecule has 1 heterocycles. The molecule has 0 aliphatic carbocycles. The lowest BCUT2D eigenvalue weighted by Gasteiger charge is -2.27. The number of aryl methyl sites for hydroxylation is 1. The van der Waals surface area contributed by atoms with Gasteiger partial charge in [-0.05, 0) is 66.2 Å². The summed E-state index contributed by atoms with van der Waals surface area (Å²) in [4.78, 5) is 40.6. The summed E-state index contributed by atoms with van der Waals surface area (Å²) in [5.74, 6) is -0.797. The Balaban J connectivity index is 2.44. The SMILES string of the molecule is CCOC(=O)c1c(C)c(C(=O)C(C)N(CC)C(=O)c2ccc(C)cc2)c(C)n1CC. The van der Waals surface area contributed by atoms with Crippen LogP contribution in [-0.4, -0.2) is 46.3 Å². The lowest BCUT2D eigenvalue weighted by molar-refractivity contribution is 0.0512. The molecular formula is C24H32N2O4. The number of benzene rings is 1. The van der Waals surface area contributed by atoms with E-state index in [4.69, 9.17) is 4.74 Å². The van der Waals surface area contributed by atoms with Gasteiger partial charge in [-0.3, -0.25) is 9.59 Å². The minimum Gasteiger partial charge on any atom is -0.461 e. The van der Waals surface area contributed by atoms with Gasteiger partial charge >= 0.3 is 5.97 Å².